The molecule has 2 heteroatoms. The fourth-order valence-electron chi connectivity index (χ4n) is 3.23. The van der Waals surface area contributed by atoms with Crippen LogP contribution in [0, 0.1) is 7.14 Å². The third kappa shape index (κ3) is 4.06. The Labute approximate surface area is 160 Å². The third-order valence-corrected chi connectivity index (χ3v) is 7.71. The minimum atomic E-state index is -0.159. The van der Waals surface area contributed by atoms with Gasteiger partial charge in [-0.05, 0) is 0 Å². The van der Waals surface area contributed by atoms with Crippen molar-refractivity contribution in [1.82, 2.24) is 0 Å². The Morgan fingerprint density at radius 3 is 1.96 bits per heavy atom. The summed E-state index contributed by atoms with van der Waals surface area (Å²) in [7, 11) is 1.72. The number of aryl methyl sites for hydroxylation is 4. The van der Waals surface area contributed by atoms with E-state index in [4.69, 9.17) is 4.74 Å². The van der Waals surface area contributed by atoms with Crippen LogP contribution in [0.1, 0.15) is 22.3 Å². The number of hydrogen-bond donors (Lipinski definition) is 0. The molecule has 3 aromatic carbocycles. The van der Waals surface area contributed by atoms with Crippen LogP contribution >= 0.6 is 0 Å². The van der Waals surface area contributed by atoms with Crippen LogP contribution in [0.3, 0.4) is 0 Å². The predicted octanol–water partition coefficient (Wildman–Crippen LogP) is 1.71. The summed E-state index contributed by atoms with van der Waals surface area (Å²) in [5, 5.41) is 0. The van der Waals surface area contributed by atoms with E-state index in [9.17, 15) is 0 Å². The SMILES string of the molecule is COc1ccc([I-]c2cc3ccc2CCc2ccc(cc2)CC3)cc1. The van der Waals surface area contributed by atoms with Crippen LogP contribution in [0.5, 0.6) is 5.75 Å². The van der Waals surface area contributed by atoms with Crippen molar-refractivity contribution in [3.8, 4) is 5.75 Å². The van der Waals surface area contributed by atoms with Gasteiger partial charge in [0, 0.05) is 0 Å². The van der Waals surface area contributed by atoms with E-state index in [0.717, 1.165) is 31.4 Å². The summed E-state index contributed by atoms with van der Waals surface area (Å²) in [6.45, 7) is 0. The molecule has 0 spiro atoms. The number of methoxy groups -OCH3 is 1. The summed E-state index contributed by atoms with van der Waals surface area (Å²) in [5.74, 6) is 0.937. The van der Waals surface area contributed by atoms with Crippen molar-refractivity contribution in [1.29, 1.82) is 0 Å². The van der Waals surface area contributed by atoms with Crippen molar-refractivity contribution in [3.63, 3.8) is 0 Å². The van der Waals surface area contributed by atoms with Crippen LogP contribution in [0.4, 0.5) is 0 Å². The molecule has 0 radical (unpaired) electrons. The van der Waals surface area contributed by atoms with Gasteiger partial charge >= 0.3 is 161 Å². The van der Waals surface area contributed by atoms with E-state index in [2.05, 4.69) is 66.7 Å². The zero-order valence-electron chi connectivity index (χ0n) is 14.5. The number of hydrogen-bond acceptors (Lipinski definition) is 1. The molecule has 0 saturated heterocycles. The fraction of sp³-hybridized carbons (Fsp3) is 0.217. The van der Waals surface area contributed by atoms with Crippen LogP contribution in [0.2, 0.25) is 0 Å². The molecule has 0 N–H and O–H groups in total. The van der Waals surface area contributed by atoms with Crippen LogP contribution < -0.4 is 25.9 Å². The van der Waals surface area contributed by atoms with Crippen molar-refractivity contribution >= 4 is 0 Å². The van der Waals surface area contributed by atoms with Gasteiger partial charge < -0.3 is 0 Å². The Morgan fingerprint density at radius 2 is 1.28 bits per heavy atom. The predicted molar refractivity (Wildman–Crippen MR) is 98.1 cm³/mol. The maximum absolute atomic E-state index is 5.29. The van der Waals surface area contributed by atoms with Gasteiger partial charge in [0.25, 0.3) is 0 Å². The second-order valence-electron chi connectivity index (χ2n) is 6.49. The molecule has 0 fully saturated rings. The zero-order chi connectivity index (χ0) is 17.1. The zero-order valence-corrected chi connectivity index (χ0v) is 16.6. The van der Waals surface area contributed by atoms with E-state index in [-0.39, 0.29) is 21.2 Å². The quantitative estimate of drug-likeness (QED) is 0.563. The van der Waals surface area contributed by atoms with Gasteiger partial charge in [-0.1, -0.05) is 0 Å². The number of ether oxygens (including phenoxy) is 1. The Hall–Kier alpha value is -1.81. The molecular weight excluding hydrogens is 419 g/mol. The Balaban J connectivity index is 1.63. The van der Waals surface area contributed by atoms with E-state index in [1.54, 1.807) is 10.7 Å². The van der Waals surface area contributed by atoms with Crippen LogP contribution in [0.25, 0.3) is 0 Å². The summed E-state index contributed by atoms with van der Waals surface area (Å²) < 4.78 is 8.32. The van der Waals surface area contributed by atoms with Crippen LogP contribution in [0.15, 0.2) is 66.7 Å². The van der Waals surface area contributed by atoms with Gasteiger partial charge in [-0.25, -0.2) is 0 Å². The molecule has 4 aliphatic carbocycles. The molecule has 0 amide bonds. The van der Waals surface area contributed by atoms with Crippen LogP contribution in [-0.2, 0) is 25.7 Å². The van der Waals surface area contributed by atoms with Crippen molar-refractivity contribution in [3.05, 3.63) is 96.1 Å². The molecule has 3 aromatic rings. The van der Waals surface area contributed by atoms with E-state index in [0.29, 0.717) is 0 Å². The maximum atomic E-state index is 5.29. The van der Waals surface area contributed by atoms with Gasteiger partial charge in [-0.3, -0.25) is 0 Å². The van der Waals surface area contributed by atoms with Gasteiger partial charge in [0.2, 0.25) is 0 Å². The first-order valence-corrected chi connectivity index (χ1v) is 10.9. The number of rotatable bonds is 3. The first kappa shape index (κ1) is 16.6. The fourth-order valence-corrected chi connectivity index (χ4v) is 5.97. The molecule has 7 rings (SSSR count). The summed E-state index contributed by atoms with van der Waals surface area (Å²) in [6, 6.07) is 25.0. The molecular formula is C23H22IO-. The third-order valence-electron chi connectivity index (χ3n) is 4.79. The molecule has 0 unspecified atom stereocenters. The van der Waals surface area contributed by atoms with Gasteiger partial charge in [-0.15, -0.1) is 0 Å². The minimum absolute atomic E-state index is 0.159. The average Bonchev–Trinajstić information content (AvgIpc) is 2.65. The number of halogens is 1. The first-order valence-electron chi connectivity index (χ1n) is 8.79. The molecule has 25 heavy (non-hydrogen) atoms. The number of benzene rings is 3. The molecule has 4 bridgehead atoms. The van der Waals surface area contributed by atoms with Crippen molar-refractivity contribution < 1.29 is 25.9 Å². The van der Waals surface area contributed by atoms with E-state index >= 15 is 0 Å². The standard InChI is InChI=1S/C23H22IO/c1-25-22-14-12-21(13-15-22)24-23-16-19-7-6-17-2-4-18(5-3-17)8-10-20(23)11-9-19/h2-5,9,11-16H,6-8,10H2,1H3/q-1. The van der Waals surface area contributed by atoms with Crippen molar-refractivity contribution in [2.24, 2.45) is 0 Å². The van der Waals surface area contributed by atoms with E-state index in [1.165, 1.54) is 25.8 Å². The summed E-state index contributed by atoms with van der Waals surface area (Å²) in [5.41, 5.74) is 5.88. The topological polar surface area (TPSA) is 9.23 Å². The molecule has 128 valence electrons. The van der Waals surface area contributed by atoms with Gasteiger partial charge in [0.15, 0.2) is 0 Å². The second-order valence-corrected chi connectivity index (χ2v) is 9.44. The van der Waals surface area contributed by atoms with Gasteiger partial charge in [0.05, 0.1) is 0 Å². The Morgan fingerprint density at radius 1 is 0.680 bits per heavy atom. The van der Waals surface area contributed by atoms with Gasteiger partial charge in [0.1, 0.15) is 0 Å². The van der Waals surface area contributed by atoms with E-state index < -0.39 is 0 Å². The Bertz CT molecular complexity index is 850. The van der Waals surface area contributed by atoms with Gasteiger partial charge in [-0.2, -0.15) is 0 Å². The normalized spacial score (nSPS) is 13.5. The van der Waals surface area contributed by atoms with E-state index in [1.807, 2.05) is 0 Å². The Kier molecular flexibility index (Phi) is 5.07. The van der Waals surface area contributed by atoms with Crippen LogP contribution in [-0.4, -0.2) is 7.11 Å². The molecule has 4 aliphatic rings. The average molecular weight is 441 g/mol. The first-order chi connectivity index (χ1) is 12.3. The molecule has 0 atom stereocenters. The summed E-state index contributed by atoms with van der Waals surface area (Å²) in [4.78, 5) is 0. The monoisotopic (exact) mass is 441 g/mol. The molecule has 1 nitrogen and oxygen atoms in total. The van der Waals surface area contributed by atoms with Crippen molar-refractivity contribution in [2.45, 2.75) is 25.7 Å². The molecule has 0 aliphatic heterocycles. The molecule has 0 heterocycles. The molecule has 0 saturated carbocycles. The second kappa shape index (κ2) is 7.61. The summed E-state index contributed by atoms with van der Waals surface area (Å²) in [6.07, 6.45) is 4.50. The summed E-state index contributed by atoms with van der Waals surface area (Å²) >= 11 is -0.159. The molecule has 0 aromatic heterocycles. The van der Waals surface area contributed by atoms with Crippen molar-refractivity contribution in [2.75, 3.05) is 7.11 Å².